The summed E-state index contributed by atoms with van der Waals surface area (Å²) < 4.78 is 5.55. The Morgan fingerprint density at radius 2 is 2.31 bits per heavy atom. The fourth-order valence-corrected chi connectivity index (χ4v) is 1.40. The van der Waals surface area contributed by atoms with Gasteiger partial charge >= 0.3 is 5.97 Å². The minimum atomic E-state index is -1.01. The number of carbonyl (C=O) groups is 1. The van der Waals surface area contributed by atoms with Crippen LogP contribution in [0.4, 0.5) is 0 Å². The van der Waals surface area contributed by atoms with Crippen molar-refractivity contribution in [2.45, 2.75) is 39.4 Å². The average molecular weight is 223 g/mol. The van der Waals surface area contributed by atoms with Gasteiger partial charge in [-0.25, -0.2) is 9.78 Å². The zero-order chi connectivity index (χ0) is 12.0. The van der Waals surface area contributed by atoms with E-state index in [-0.39, 0.29) is 11.8 Å². The van der Waals surface area contributed by atoms with Gasteiger partial charge in [0.1, 0.15) is 5.69 Å². The maximum atomic E-state index is 10.7. The number of ether oxygens (including phenoxy) is 1. The first-order chi connectivity index (χ1) is 7.63. The molecule has 1 aromatic heterocycles. The van der Waals surface area contributed by atoms with E-state index in [1.807, 2.05) is 6.92 Å². The molecule has 1 heterocycles. The standard InChI is InChI=1S/C12H17NO3/c1-3-5-9(2)16-8-10-6-4-7-11(13-10)12(14)15/h4,6-7,9H,3,5,8H2,1-2H3,(H,14,15). The van der Waals surface area contributed by atoms with Crippen molar-refractivity contribution in [1.29, 1.82) is 0 Å². The highest BCUT2D eigenvalue weighted by molar-refractivity contribution is 5.85. The van der Waals surface area contributed by atoms with Crippen LogP contribution in [0.25, 0.3) is 0 Å². The predicted molar refractivity (Wildman–Crippen MR) is 60.4 cm³/mol. The molecule has 1 N–H and O–H groups in total. The van der Waals surface area contributed by atoms with Crippen molar-refractivity contribution in [2.75, 3.05) is 0 Å². The topological polar surface area (TPSA) is 59.4 Å². The van der Waals surface area contributed by atoms with E-state index in [1.165, 1.54) is 6.07 Å². The van der Waals surface area contributed by atoms with Gasteiger partial charge in [0.2, 0.25) is 0 Å². The lowest BCUT2D eigenvalue weighted by Crippen LogP contribution is -2.09. The van der Waals surface area contributed by atoms with Crippen LogP contribution in [-0.4, -0.2) is 22.2 Å². The molecule has 4 heteroatoms. The Labute approximate surface area is 95.3 Å². The van der Waals surface area contributed by atoms with Crippen LogP contribution in [0.15, 0.2) is 18.2 Å². The van der Waals surface area contributed by atoms with Gasteiger partial charge < -0.3 is 9.84 Å². The molecule has 0 bridgehead atoms. The molecule has 1 rings (SSSR count). The molecule has 1 aromatic rings. The minimum Gasteiger partial charge on any atom is -0.477 e. The van der Waals surface area contributed by atoms with Gasteiger partial charge in [-0.15, -0.1) is 0 Å². The number of carboxylic acid groups (broad SMARTS) is 1. The molecule has 0 aromatic carbocycles. The van der Waals surface area contributed by atoms with Crippen LogP contribution in [0.3, 0.4) is 0 Å². The van der Waals surface area contributed by atoms with Crippen molar-refractivity contribution in [1.82, 2.24) is 4.98 Å². The maximum absolute atomic E-state index is 10.7. The highest BCUT2D eigenvalue weighted by Crippen LogP contribution is 2.06. The predicted octanol–water partition coefficient (Wildman–Crippen LogP) is 2.49. The third-order valence-electron chi connectivity index (χ3n) is 2.24. The second kappa shape index (κ2) is 6.23. The summed E-state index contributed by atoms with van der Waals surface area (Å²) >= 11 is 0. The smallest absolute Gasteiger partial charge is 0.354 e. The summed E-state index contributed by atoms with van der Waals surface area (Å²) in [4.78, 5) is 14.7. The van der Waals surface area contributed by atoms with Gasteiger partial charge in [-0.1, -0.05) is 19.4 Å². The summed E-state index contributed by atoms with van der Waals surface area (Å²) in [6, 6.07) is 4.92. The largest absolute Gasteiger partial charge is 0.477 e. The van der Waals surface area contributed by atoms with Crippen molar-refractivity contribution >= 4 is 5.97 Å². The molecule has 0 aliphatic rings. The Balaban J connectivity index is 2.54. The van der Waals surface area contributed by atoms with Crippen molar-refractivity contribution in [3.8, 4) is 0 Å². The summed E-state index contributed by atoms with van der Waals surface area (Å²) in [5.41, 5.74) is 0.715. The molecule has 1 atom stereocenters. The van der Waals surface area contributed by atoms with E-state index in [1.54, 1.807) is 12.1 Å². The molecular weight excluding hydrogens is 206 g/mol. The first-order valence-electron chi connectivity index (χ1n) is 5.44. The van der Waals surface area contributed by atoms with E-state index in [4.69, 9.17) is 9.84 Å². The molecule has 0 saturated heterocycles. The summed E-state index contributed by atoms with van der Waals surface area (Å²) in [5, 5.41) is 8.77. The summed E-state index contributed by atoms with van der Waals surface area (Å²) in [6.45, 7) is 4.47. The van der Waals surface area contributed by atoms with Gasteiger partial charge in [-0.2, -0.15) is 0 Å². The van der Waals surface area contributed by atoms with E-state index >= 15 is 0 Å². The van der Waals surface area contributed by atoms with Gasteiger partial charge in [0, 0.05) is 0 Å². The summed E-state index contributed by atoms with van der Waals surface area (Å²) in [5.74, 6) is -1.01. The molecule has 0 radical (unpaired) electrons. The molecular formula is C12H17NO3. The Morgan fingerprint density at radius 1 is 1.56 bits per heavy atom. The lowest BCUT2D eigenvalue weighted by atomic mass is 10.2. The Bertz CT molecular complexity index is 352. The van der Waals surface area contributed by atoms with E-state index in [0.717, 1.165) is 12.8 Å². The number of carboxylic acids is 1. The first kappa shape index (κ1) is 12.6. The van der Waals surface area contributed by atoms with E-state index in [0.29, 0.717) is 12.3 Å². The lowest BCUT2D eigenvalue weighted by Gasteiger charge is -2.11. The Kier molecular flexibility index (Phi) is 4.92. The fraction of sp³-hybridized carbons (Fsp3) is 0.500. The van der Waals surface area contributed by atoms with E-state index < -0.39 is 5.97 Å². The number of pyridine rings is 1. The van der Waals surface area contributed by atoms with Crippen molar-refractivity contribution in [2.24, 2.45) is 0 Å². The monoisotopic (exact) mass is 223 g/mol. The minimum absolute atomic E-state index is 0.0595. The molecule has 88 valence electrons. The number of aromatic carboxylic acids is 1. The number of aromatic nitrogens is 1. The first-order valence-corrected chi connectivity index (χ1v) is 5.44. The van der Waals surface area contributed by atoms with Crippen molar-refractivity contribution in [3.63, 3.8) is 0 Å². The normalized spacial score (nSPS) is 12.4. The third kappa shape index (κ3) is 3.98. The van der Waals surface area contributed by atoms with Crippen molar-refractivity contribution in [3.05, 3.63) is 29.6 Å². The van der Waals surface area contributed by atoms with Crippen LogP contribution in [-0.2, 0) is 11.3 Å². The van der Waals surface area contributed by atoms with Crippen LogP contribution in [0.2, 0.25) is 0 Å². The molecule has 1 unspecified atom stereocenters. The van der Waals surface area contributed by atoms with Crippen LogP contribution in [0.5, 0.6) is 0 Å². The fourth-order valence-electron chi connectivity index (χ4n) is 1.40. The number of hydrogen-bond acceptors (Lipinski definition) is 3. The molecule has 16 heavy (non-hydrogen) atoms. The van der Waals surface area contributed by atoms with Gasteiger partial charge in [0.05, 0.1) is 18.4 Å². The molecule has 0 aliphatic carbocycles. The zero-order valence-electron chi connectivity index (χ0n) is 9.64. The van der Waals surface area contributed by atoms with Crippen LogP contribution >= 0.6 is 0 Å². The molecule has 4 nitrogen and oxygen atoms in total. The second-order valence-electron chi connectivity index (χ2n) is 3.73. The van der Waals surface area contributed by atoms with E-state index in [9.17, 15) is 4.79 Å². The Hall–Kier alpha value is -1.42. The molecule has 0 spiro atoms. The average Bonchev–Trinajstić information content (AvgIpc) is 2.27. The number of rotatable bonds is 6. The highest BCUT2D eigenvalue weighted by atomic mass is 16.5. The van der Waals surface area contributed by atoms with Gasteiger partial charge in [0.15, 0.2) is 0 Å². The zero-order valence-corrected chi connectivity index (χ0v) is 9.64. The quantitative estimate of drug-likeness (QED) is 0.804. The van der Waals surface area contributed by atoms with Crippen LogP contribution in [0, 0.1) is 0 Å². The van der Waals surface area contributed by atoms with Gasteiger partial charge in [-0.3, -0.25) is 0 Å². The van der Waals surface area contributed by atoms with Crippen LogP contribution < -0.4 is 0 Å². The summed E-state index contributed by atoms with van der Waals surface area (Å²) in [7, 11) is 0. The number of hydrogen-bond donors (Lipinski definition) is 1. The molecule has 0 aliphatic heterocycles. The molecule has 0 fully saturated rings. The SMILES string of the molecule is CCCC(C)OCc1cccc(C(=O)O)n1. The highest BCUT2D eigenvalue weighted by Gasteiger charge is 2.06. The van der Waals surface area contributed by atoms with Crippen LogP contribution in [0.1, 0.15) is 42.9 Å². The van der Waals surface area contributed by atoms with Gasteiger partial charge in [-0.05, 0) is 25.5 Å². The van der Waals surface area contributed by atoms with Gasteiger partial charge in [0.25, 0.3) is 0 Å². The number of nitrogens with zero attached hydrogens (tertiary/aromatic N) is 1. The third-order valence-corrected chi connectivity index (χ3v) is 2.24. The lowest BCUT2D eigenvalue weighted by molar-refractivity contribution is 0.0450. The maximum Gasteiger partial charge on any atom is 0.354 e. The molecule has 0 amide bonds. The summed E-state index contributed by atoms with van der Waals surface area (Å²) in [6.07, 6.45) is 2.25. The van der Waals surface area contributed by atoms with Crippen molar-refractivity contribution < 1.29 is 14.6 Å². The Morgan fingerprint density at radius 3 is 2.94 bits per heavy atom. The second-order valence-corrected chi connectivity index (χ2v) is 3.73. The molecule has 0 saturated carbocycles. The van der Waals surface area contributed by atoms with E-state index in [2.05, 4.69) is 11.9 Å².